The molecule has 0 radical (unpaired) electrons. The monoisotopic (exact) mass is 428 g/mol. The summed E-state index contributed by atoms with van der Waals surface area (Å²) in [7, 11) is 1.71. The number of nitrogens with zero attached hydrogens (tertiary/aromatic N) is 5. The summed E-state index contributed by atoms with van der Waals surface area (Å²) in [4.78, 5) is 37.5. The zero-order valence-corrected chi connectivity index (χ0v) is 17.7. The van der Waals surface area contributed by atoms with E-state index in [4.69, 9.17) is 0 Å². The van der Waals surface area contributed by atoms with Crippen LogP contribution in [0.5, 0.6) is 0 Å². The second kappa shape index (κ2) is 9.01. The van der Waals surface area contributed by atoms with Crippen molar-refractivity contribution in [3.63, 3.8) is 0 Å². The topological polar surface area (TPSA) is 115 Å². The number of nitro groups is 1. The Kier molecular flexibility index (Phi) is 6.17. The third kappa shape index (κ3) is 4.68. The molecule has 1 saturated carbocycles. The number of hydrogen-bond acceptors (Lipinski definition) is 6. The maximum absolute atomic E-state index is 12.6. The van der Waals surface area contributed by atoms with E-state index in [0.29, 0.717) is 5.69 Å². The van der Waals surface area contributed by atoms with Gasteiger partial charge in [-0.15, -0.1) is 0 Å². The van der Waals surface area contributed by atoms with E-state index in [1.807, 2.05) is 4.57 Å². The van der Waals surface area contributed by atoms with Gasteiger partial charge in [0, 0.05) is 36.8 Å². The van der Waals surface area contributed by atoms with Gasteiger partial charge >= 0.3 is 5.69 Å². The highest BCUT2D eigenvalue weighted by molar-refractivity contribution is 5.92. The van der Waals surface area contributed by atoms with E-state index in [9.17, 15) is 19.7 Å². The molecule has 1 aromatic carbocycles. The number of hydrogen-bond donors (Lipinski definition) is 1. The Morgan fingerprint density at radius 3 is 2.61 bits per heavy atom. The normalized spacial score (nSPS) is 18.4. The van der Waals surface area contributed by atoms with E-state index in [1.54, 1.807) is 19.2 Å². The van der Waals surface area contributed by atoms with Gasteiger partial charge in [-0.25, -0.2) is 9.48 Å². The van der Waals surface area contributed by atoms with Gasteiger partial charge in [0.1, 0.15) is 5.82 Å². The maximum atomic E-state index is 12.6. The number of likely N-dealkylation sites (tertiary alicyclic amines) is 1. The Balaban J connectivity index is 1.35. The lowest BCUT2D eigenvalue weighted by molar-refractivity contribution is -0.384. The van der Waals surface area contributed by atoms with Crippen LogP contribution in [0.1, 0.15) is 56.3 Å². The Morgan fingerprint density at radius 2 is 1.94 bits per heavy atom. The molecule has 2 fully saturated rings. The van der Waals surface area contributed by atoms with Crippen molar-refractivity contribution >= 4 is 17.3 Å². The molecule has 1 amide bonds. The van der Waals surface area contributed by atoms with Gasteiger partial charge in [0.2, 0.25) is 5.91 Å². The molecule has 2 aliphatic rings. The number of anilines is 1. The summed E-state index contributed by atoms with van der Waals surface area (Å²) in [6, 6.07) is 6.20. The first-order chi connectivity index (χ1) is 14.9. The lowest BCUT2D eigenvalue weighted by Gasteiger charge is -2.31. The van der Waals surface area contributed by atoms with E-state index < -0.39 is 4.92 Å². The molecule has 1 N–H and O–H groups in total. The zero-order chi connectivity index (χ0) is 22.0. The van der Waals surface area contributed by atoms with Crippen molar-refractivity contribution in [3.8, 4) is 0 Å². The number of piperidine rings is 1. The Hall–Kier alpha value is -3.01. The molecule has 1 aliphatic heterocycles. The van der Waals surface area contributed by atoms with Crippen molar-refractivity contribution in [2.45, 2.75) is 50.5 Å². The molecular formula is C21H28N6O4. The van der Waals surface area contributed by atoms with Crippen LogP contribution in [0.3, 0.4) is 0 Å². The number of non-ortho nitro benzene ring substituents is 1. The minimum Gasteiger partial charge on any atom is -0.325 e. The van der Waals surface area contributed by atoms with Crippen molar-refractivity contribution < 1.29 is 9.72 Å². The molecule has 166 valence electrons. The Morgan fingerprint density at radius 1 is 1.23 bits per heavy atom. The predicted molar refractivity (Wildman–Crippen MR) is 115 cm³/mol. The molecule has 1 aliphatic carbocycles. The fourth-order valence-electron chi connectivity index (χ4n) is 4.73. The van der Waals surface area contributed by atoms with Crippen LogP contribution in [-0.2, 0) is 11.8 Å². The zero-order valence-electron chi connectivity index (χ0n) is 17.7. The Bertz CT molecular complexity index is 1020. The Labute approximate surface area is 180 Å². The summed E-state index contributed by atoms with van der Waals surface area (Å²) in [5.41, 5.74) is 0.339. The lowest BCUT2D eigenvalue weighted by Crippen LogP contribution is -2.39. The average molecular weight is 428 g/mol. The van der Waals surface area contributed by atoms with Crippen LogP contribution in [0.25, 0.3) is 0 Å². The van der Waals surface area contributed by atoms with Gasteiger partial charge in [-0.2, -0.15) is 5.10 Å². The van der Waals surface area contributed by atoms with Crippen LogP contribution in [0.4, 0.5) is 11.4 Å². The van der Waals surface area contributed by atoms with Gasteiger partial charge in [0.25, 0.3) is 5.69 Å². The van der Waals surface area contributed by atoms with E-state index in [1.165, 1.54) is 16.8 Å². The molecule has 4 rings (SSSR count). The number of rotatable bonds is 6. The molecular weight excluding hydrogens is 400 g/mol. The molecule has 0 spiro atoms. The van der Waals surface area contributed by atoms with Gasteiger partial charge < -0.3 is 5.32 Å². The van der Waals surface area contributed by atoms with E-state index in [-0.39, 0.29) is 35.8 Å². The molecule has 10 nitrogen and oxygen atoms in total. The van der Waals surface area contributed by atoms with Crippen LogP contribution in [-0.4, -0.2) is 49.7 Å². The van der Waals surface area contributed by atoms with Crippen LogP contribution < -0.4 is 11.0 Å². The first-order valence-electron chi connectivity index (χ1n) is 10.8. The van der Waals surface area contributed by atoms with Crippen molar-refractivity contribution in [3.05, 3.63) is 50.7 Å². The van der Waals surface area contributed by atoms with Crippen LogP contribution in [0, 0.1) is 10.1 Å². The molecule has 0 atom stereocenters. The number of carbonyl (C=O) groups excluding carboxylic acids is 1. The fraction of sp³-hybridized carbons (Fsp3) is 0.571. The lowest BCUT2D eigenvalue weighted by atomic mass is 9.95. The van der Waals surface area contributed by atoms with Crippen molar-refractivity contribution in [1.82, 2.24) is 19.2 Å². The van der Waals surface area contributed by atoms with Gasteiger partial charge in [0.05, 0.1) is 11.5 Å². The number of amides is 1. The molecule has 2 aromatic rings. The van der Waals surface area contributed by atoms with E-state index in [0.717, 1.165) is 57.4 Å². The number of aromatic nitrogens is 3. The number of benzene rings is 1. The standard InChI is InChI=1S/C21H28N6O4/c1-24-21(29)26(17-6-2-3-7-17)20(23-24)15-9-11-25(12-10-15)14-19(28)22-16-5-4-8-18(13-16)27(30)31/h4-5,8,13,15,17H,2-3,6-7,9-12,14H2,1H3,(H,22,28). The van der Waals surface area contributed by atoms with Gasteiger partial charge in [0.15, 0.2) is 0 Å². The number of carbonyl (C=O) groups is 1. The molecule has 1 saturated heterocycles. The second-order valence-electron chi connectivity index (χ2n) is 8.48. The van der Waals surface area contributed by atoms with Crippen LogP contribution in [0.15, 0.2) is 29.1 Å². The third-order valence-electron chi connectivity index (χ3n) is 6.33. The highest BCUT2D eigenvalue weighted by atomic mass is 16.6. The third-order valence-corrected chi connectivity index (χ3v) is 6.33. The molecule has 1 aromatic heterocycles. The summed E-state index contributed by atoms with van der Waals surface area (Å²) in [5, 5.41) is 18.2. The van der Waals surface area contributed by atoms with E-state index in [2.05, 4.69) is 15.3 Å². The summed E-state index contributed by atoms with van der Waals surface area (Å²) in [5.74, 6) is 0.908. The van der Waals surface area contributed by atoms with Crippen molar-refractivity contribution in [2.24, 2.45) is 7.05 Å². The van der Waals surface area contributed by atoms with Gasteiger partial charge in [-0.3, -0.25) is 24.4 Å². The smallest absolute Gasteiger partial charge is 0.325 e. The number of aryl methyl sites for hydroxylation is 1. The first-order valence-corrected chi connectivity index (χ1v) is 10.8. The van der Waals surface area contributed by atoms with Crippen LogP contribution >= 0.6 is 0 Å². The minimum atomic E-state index is -0.483. The molecule has 0 unspecified atom stereocenters. The van der Waals surface area contributed by atoms with Gasteiger partial charge in [-0.1, -0.05) is 18.9 Å². The second-order valence-corrected chi connectivity index (χ2v) is 8.48. The quantitative estimate of drug-likeness (QED) is 0.558. The van der Waals surface area contributed by atoms with E-state index >= 15 is 0 Å². The predicted octanol–water partition coefficient (Wildman–Crippen LogP) is 2.42. The molecule has 10 heteroatoms. The number of nitrogens with one attached hydrogen (secondary N) is 1. The SMILES string of the molecule is Cn1nc(C2CCN(CC(=O)Nc3cccc([N+](=O)[O-])c3)CC2)n(C2CCCC2)c1=O. The van der Waals surface area contributed by atoms with Crippen molar-refractivity contribution in [2.75, 3.05) is 25.0 Å². The largest absolute Gasteiger partial charge is 0.345 e. The van der Waals surface area contributed by atoms with Crippen LogP contribution in [0.2, 0.25) is 0 Å². The van der Waals surface area contributed by atoms with Gasteiger partial charge in [-0.05, 0) is 44.8 Å². The number of nitro benzene ring substituents is 1. The maximum Gasteiger partial charge on any atom is 0.345 e. The highest BCUT2D eigenvalue weighted by Gasteiger charge is 2.30. The highest BCUT2D eigenvalue weighted by Crippen LogP contribution is 2.33. The first kappa shape index (κ1) is 21.2. The fourth-order valence-corrected chi connectivity index (χ4v) is 4.73. The summed E-state index contributed by atoms with van der Waals surface area (Å²) >= 11 is 0. The summed E-state index contributed by atoms with van der Waals surface area (Å²) < 4.78 is 3.37. The minimum absolute atomic E-state index is 0.0272. The summed E-state index contributed by atoms with van der Waals surface area (Å²) in [6.07, 6.45) is 6.07. The average Bonchev–Trinajstić information content (AvgIpc) is 3.37. The summed E-state index contributed by atoms with van der Waals surface area (Å²) in [6.45, 7) is 1.71. The molecule has 0 bridgehead atoms. The molecule has 2 heterocycles. The molecule has 31 heavy (non-hydrogen) atoms. The van der Waals surface area contributed by atoms with Crippen molar-refractivity contribution in [1.29, 1.82) is 0 Å².